The van der Waals surface area contributed by atoms with Crippen molar-refractivity contribution in [1.82, 2.24) is 5.48 Å². The molecule has 2 rings (SSSR count). The van der Waals surface area contributed by atoms with Gasteiger partial charge in [-0.25, -0.2) is 18.7 Å². The zero-order valence-electron chi connectivity index (χ0n) is 16.3. The number of oxime groups is 1. The Balaban J connectivity index is 2.42. The lowest BCUT2D eigenvalue weighted by molar-refractivity contribution is 0.00882. The second-order valence-electron chi connectivity index (χ2n) is 6.14. The van der Waals surface area contributed by atoms with E-state index >= 15 is 0 Å². The third-order valence-corrected chi connectivity index (χ3v) is 4.44. The van der Waals surface area contributed by atoms with Crippen LogP contribution in [-0.4, -0.2) is 60.0 Å². The van der Waals surface area contributed by atoms with Gasteiger partial charge in [0, 0.05) is 9.13 Å². The number of benzene rings is 2. The molecular formula is C19H19F3IN3O6. The monoisotopic (exact) mass is 569 g/mol. The van der Waals surface area contributed by atoms with Crippen molar-refractivity contribution in [3.05, 3.63) is 56.4 Å². The van der Waals surface area contributed by atoms with Gasteiger partial charge in [0.25, 0.3) is 5.91 Å². The molecule has 1 unspecified atom stereocenters. The van der Waals surface area contributed by atoms with Crippen LogP contribution in [-0.2, 0) is 9.68 Å². The van der Waals surface area contributed by atoms with Gasteiger partial charge in [-0.15, -0.1) is 0 Å². The highest BCUT2D eigenvalue weighted by molar-refractivity contribution is 14.1. The number of carbonyl (C=O) groups is 1. The molecule has 2 aromatic rings. The Kier molecular flexibility index (Phi) is 10.1. The van der Waals surface area contributed by atoms with E-state index < -0.39 is 66.1 Å². The highest BCUT2D eigenvalue weighted by Gasteiger charge is 2.23. The van der Waals surface area contributed by atoms with Crippen molar-refractivity contribution in [2.45, 2.75) is 6.10 Å². The topological polar surface area (TPSA) is 133 Å². The third-order valence-electron chi connectivity index (χ3n) is 3.77. The van der Waals surface area contributed by atoms with Crippen LogP contribution in [0.1, 0.15) is 15.9 Å². The zero-order valence-corrected chi connectivity index (χ0v) is 18.5. The van der Waals surface area contributed by atoms with Crippen molar-refractivity contribution < 1.29 is 43.0 Å². The van der Waals surface area contributed by atoms with Gasteiger partial charge < -0.3 is 25.5 Å². The molecule has 0 heterocycles. The number of nitrogens with zero attached hydrogens (tertiary/aromatic N) is 1. The first-order chi connectivity index (χ1) is 15.3. The quantitative estimate of drug-likeness (QED) is 0.121. The van der Waals surface area contributed by atoms with Crippen LogP contribution in [0.25, 0.3) is 0 Å². The fraction of sp³-hybridized carbons (Fsp3) is 0.263. The molecule has 2 aromatic carbocycles. The van der Waals surface area contributed by atoms with Gasteiger partial charge in [0.15, 0.2) is 11.6 Å². The Bertz CT molecular complexity index is 980. The summed E-state index contributed by atoms with van der Waals surface area (Å²) in [6.07, 6.45) is -0.475. The average Bonchev–Trinajstić information content (AvgIpc) is 2.77. The van der Waals surface area contributed by atoms with E-state index in [1.807, 2.05) is 28.1 Å². The third kappa shape index (κ3) is 7.03. The van der Waals surface area contributed by atoms with Gasteiger partial charge in [-0.1, -0.05) is 5.16 Å². The van der Waals surface area contributed by atoms with Crippen molar-refractivity contribution in [3.8, 4) is 0 Å². The summed E-state index contributed by atoms with van der Waals surface area (Å²) < 4.78 is 44.2. The van der Waals surface area contributed by atoms with Gasteiger partial charge in [0.2, 0.25) is 0 Å². The molecule has 0 aliphatic heterocycles. The predicted octanol–water partition coefficient (Wildman–Crippen LogP) is 1.81. The SMILES string of the molecule is O=C(NOCCO)c1cc(C=NOCC(O)CO)c(F)c(F)c1Nc1ccc(I)cc1F. The van der Waals surface area contributed by atoms with Crippen LogP contribution in [0.5, 0.6) is 0 Å². The molecule has 0 aliphatic rings. The summed E-state index contributed by atoms with van der Waals surface area (Å²) in [6, 6.07) is 4.87. The first kappa shape index (κ1) is 25.8. The number of nitrogens with one attached hydrogen (secondary N) is 2. The lowest BCUT2D eigenvalue weighted by atomic mass is 10.1. The molecule has 0 aliphatic carbocycles. The van der Waals surface area contributed by atoms with Crippen molar-refractivity contribution >= 4 is 46.1 Å². The summed E-state index contributed by atoms with van der Waals surface area (Å²) in [4.78, 5) is 21.8. The largest absolute Gasteiger partial charge is 0.394 e. The van der Waals surface area contributed by atoms with Gasteiger partial charge >= 0.3 is 0 Å². The number of aliphatic hydroxyl groups excluding tert-OH is 3. The van der Waals surface area contributed by atoms with E-state index in [9.17, 15) is 23.1 Å². The lowest BCUT2D eigenvalue weighted by Gasteiger charge is -2.15. The van der Waals surface area contributed by atoms with Crippen LogP contribution in [0.15, 0.2) is 29.4 Å². The van der Waals surface area contributed by atoms with Crippen LogP contribution >= 0.6 is 22.6 Å². The van der Waals surface area contributed by atoms with E-state index in [-0.39, 0.29) is 12.3 Å². The number of rotatable bonds is 11. The van der Waals surface area contributed by atoms with Crippen molar-refractivity contribution in [2.75, 3.05) is 31.7 Å². The molecule has 13 heteroatoms. The molecule has 32 heavy (non-hydrogen) atoms. The minimum Gasteiger partial charge on any atom is -0.394 e. The molecule has 0 saturated carbocycles. The molecule has 1 atom stereocenters. The molecule has 0 radical (unpaired) electrons. The molecule has 0 spiro atoms. The van der Waals surface area contributed by atoms with Crippen molar-refractivity contribution in [2.24, 2.45) is 5.16 Å². The lowest BCUT2D eigenvalue weighted by Crippen LogP contribution is -2.26. The van der Waals surface area contributed by atoms with Gasteiger partial charge in [-0.05, 0) is 46.9 Å². The van der Waals surface area contributed by atoms with Crippen molar-refractivity contribution in [1.29, 1.82) is 0 Å². The van der Waals surface area contributed by atoms with E-state index in [2.05, 4.69) is 15.3 Å². The fourth-order valence-electron chi connectivity index (χ4n) is 2.26. The normalized spacial score (nSPS) is 12.1. The Morgan fingerprint density at radius 3 is 2.62 bits per heavy atom. The first-order valence-electron chi connectivity index (χ1n) is 8.99. The molecule has 0 aromatic heterocycles. The number of halogens is 4. The van der Waals surface area contributed by atoms with E-state index in [0.29, 0.717) is 3.57 Å². The summed E-state index contributed by atoms with van der Waals surface area (Å²) in [7, 11) is 0. The van der Waals surface area contributed by atoms with Crippen molar-refractivity contribution in [3.63, 3.8) is 0 Å². The van der Waals surface area contributed by atoms with E-state index in [1.54, 1.807) is 0 Å². The molecule has 174 valence electrons. The standard InChI is InChI=1S/C19H19F3IN3O6/c20-14-6-11(23)1-2-15(14)25-18-13(19(30)26-31-4-3-27)5-10(16(21)17(18)22)7-24-32-9-12(29)8-28/h1-2,5-7,12,25,27-29H,3-4,8-9H2,(H,26,30). The number of carbonyl (C=O) groups excluding carboxylic acids is 1. The summed E-state index contributed by atoms with van der Waals surface area (Å²) in [5, 5.41) is 32.4. The molecule has 1 amide bonds. The molecule has 0 fully saturated rings. The van der Waals surface area contributed by atoms with E-state index in [1.165, 1.54) is 12.1 Å². The summed E-state index contributed by atoms with van der Waals surface area (Å²) >= 11 is 1.87. The maximum atomic E-state index is 14.9. The molecule has 9 nitrogen and oxygen atoms in total. The Morgan fingerprint density at radius 2 is 1.97 bits per heavy atom. The van der Waals surface area contributed by atoms with E-state index in [4.69, 9.17) is 15.1 Å². The predicted molar refractivity (Wildman–Crippen MR) is 116 cm³/mol. The smallest absolute Gasteiger partial charge is 0.277 e. The maximum absolute atomic E-state index is 14.9. The summed E-state index contributed by atoms with van der Waals surface area (Å²) in [5.41, 5.74) is 0.118. The first-order valence-corrected chi connectivity index (χ1v) is 10.1. The zero-order chi connectivity index (χ0) is 23.7. The molecular weight excluding hydrogens is 550 g/mol. The van der Waals surface area contributed by atoms with Gasteiger partial charge in [0.05, 0.1) is 43.0 Å². The Hall–Kier alpha value is -2.46. The minimum absolute atomic E-state index is 0.211. The van der Waals surface area contributed by atoms with E-state index in [0.717, 1.165) is 18.3 Å². The van der Waals surface area contributed by atoms with Gasteiger partial charge in [-0.2, -0.15) is 0 Å². The van der Waals surface area contributed by atoms with Crippen LogP contribution in [0, 0.1) is 21.0 Å². The minimum atomic E-state index is -1.50. The number of hydrogen-bond donors (Lipinski definition) is 5. The molecule has 5 N–H and O–H groups in total. The van der Waals surface area contributed by atoms with Crippen LogP contribution in [0.4, 0.5) is 24.5 Å². The second kappa shape index (κ2) is 12.5. The summed E-state index contributed by atoms with van der Waals surface area (Å²) in [5.74, 6) is -4.70. The molecule has 0 saturated heterocycles. The Morgan fingerprint density at radius 1 is 1.22 bits per heavy atom. The second-order valence-corrected chi connectivity index (χ2v) is 7.38. The molecule has 0 bridgehead atoms. The van der Waals surface area contributed by atoms with Crippen LogP contribution in [0.2, 0.25) is 0 Å². The average molecular weight is 569 g/mol. The number of aliphatic hydroxyl groups is 3. The fourth-order valence-corrected chi connectivity index (χ4v) is 2.71. The Labute approximate surface area is 193 Å². The number of amides is 1. The van der Waals surface area contributed by atoms with Crippen LogP contribution in [0.3, 0.4) is 0 Å². The van der Waals surface area contributed by atoms with Gasteiger partial charge in [-0.3, -0.25) is 9.63 Å². The maximum Gasteiger partial charge on any atom is 0.277 e. The number of hydroxylamine groups is 1. The van der Waals surface area contributed by atoms with Gasteiger partial charge in [0.1, 0.15) is 18.5 Å². The highest BCUT2D eigenvalue weighted by Crippen LogP contribution is 2.30. The van der Waals surface area contributed by atoms with Crippen LogP contribution < -0.4 is 10.8 Å². The number of anilines is 2. The highest BCUT2D eigenvalue weighted by atomic mass is 127. The number of hydrogen-bond acceptors (Lipinski definition) is 8. The summed E-state index contributed by atoms with van der Waals surface area (Å²) in [6.45, 7) is -1.68.